The smallest absolute Gasteiger partial charge is 0.128 e. The normalized spacial score (nSPS) is 15.2. The predicted molar refractivity (Wildman–Crippen MR) is 69.1 cm³/mol. The second kappa shape index (κ2) is 4.94. The maximum absolute atomic E-state index is 4.42. The first-order valence-corrected chi connectivity index (χ1v) is 6.60. The third-order valence-electron chi connectivity index (χ3n) is 3.38. The lowest BCUT2D eigenvalue weighted by Gasteiger charge is -2.09. The molecule has 96 valence electrons. The van der Waals surface area contributed by atoms with E-state index in [9.17, 15) is 0 Å². The van der Waals surface area contributed by atoms with Crippen LogP contribution in [0.5, 0.6) is 0 Å². The second-order valence-electron chi connectivity index (χ2n) is 4.76. The molecular weight excluding hydrogens is 226 g/mol. The topological polar surface area (TPSA) is 47.7 Å². The van der Waals surface area contributed by atoms with Crippen molar-refractivity contribution in [2.75, 3.05) is 0 Å². The van der Waals surface area contributed by atoms with Gasteiger partial charge in [-0.3, -0.25) is 0 Å². The molecule has 0 atom stereocenters. The fourth-order valence-corrected chi connectivity index (χ4v) is 2.11. The third-order valence-corrected chi connectivity index (χ3v) is 3.38. The zero-order valence-electron chi connectivity index (χ0n) is 10.7. The third kappa shape index (κ3) is 2.46. The molecule has 0 unspecified atom stereocenters. The zero-order chi connectivity index (χ0) is 12.4. The summed E-state index contributed by atoms with van der Waals surface area (Å²) in [6.07, 6.45) is 10.4. The molecule has 0 spiro atoms. The molecule has 2 heterocycles. The lowest BCUT2D eigenvalue weighted by molar-refractivity contribution is 0.592. The Hall–Kier alpha value is -1.62. The Morgan fingerprint density at radius 3 is 2.61 bits per heavy atom. The highest BCUT2D eigenvalue weighted by Crippen LogP contribution is 2.19. The Kier molecular flexibility index (Phi) is 3.15. The van der Waals surface area contributed by atoms with Crippen molar-refractivity contribution in [3.63, 3.8) is 0 Å². The summed E-state index contributed by atoms with van der Waals surface area (Å²) >= 11 is 0. The summed E-state index contributed by atoms with van der Waals surface area (Å²) in [4.78, 5) is 8.82. The van der Waals surface area contributed by atoms with Crippen LogP contribution in [-0.4, -0.2) is 25.1 Å². The van der Waals surface area contributed by atoms with Crippen molar-refractivity contribution >= 4 is 0 Å². The van der Waals surface area contributed by atoms with Crippen LogP contribution in [-0.2, 0) is 19.6 Å². The summed E-state index contributed by atoms with van der Waals surface area (Å²) in [5, 5.41) is 3.50. The Bertz CT molecular complexity index is 509. The molecule has 1 aliphatic rings. The maximum Gasteiger partial charge on any atom is 0.128 e. The van der Waals surface area contributed by atoms with Crippen molar-refractivity contribution in [1.29, 1.82) is 0 Å². The molecule has 5 nitrogen and oxygen atoms in total. The van der Waals surface area contributed by atoms with Crippen LogP contribution in [0.2, 0.25) is 0 Å². The van der Waals surface area contributed by atoms with E-state index in [4.69, 9.17) is 0 Å². The van der Waals surface area contributed by atoms with Gasteiger partial charge in [-0.2, -0.15) is 0 Å². The molecule has 1 aliphatic carbocycles. The van der Waals surface area contributed by atoms with Crippen LogP contribution < -0.4 is 5.32 Å². The highest BCUT2D eigenvalue weighted by molar-refractivity contribution is 5.00. The summed E-state index contributed by atoms with van der Waals surface area (Å²) < 4.78 is 4.34. The Morgan fingerprint density at radius 2 is 1.89 bits per heavy atom. The first-order valence-electron chi connectivity index (χ1n) is 6.60. The lowest BCUT2D eigenvalue weighted by Crippen LogP contribution is -2.19. The molecule has 2 aromatic rings. The summed E-state index contributed by atoms with van der Waals surface area (Å²) in [5.74, 6) is 2.18. The molecule has 18 heavy (non-hydrogen) atoms. The van der Waals surface area contributed by atoms with E-state index in [1.165, 1.54) is 12.8 Å². The van der Waals surface area contributed by atoms with Crippen molar-refractivity contribution in [2.24, 2.45) is 0 Å². The highest BCUT2D eigenvalue weighted by Gasteiger charge is 2.20. The van der Waals surface area contributed by atoms with Crippen LogP contribution >= 0.6 is 0 Å². The maximum atomic E-state index is 4.42. The van der Waals surface area contributed by atoms with Crippen LogP contribution in [0.3, 0.4) is 0 Å². The average molecular weight is 245 g/mol. The monoisotopic (exact) mass is 245 g/mol. The minimum absolute atomic E-state index is 0.716. The predicted octanol–water partition coefficient (Wildman–Crippen LogP) is 1.40. The first-order chi connectivity index (χ1) is 8.86. The van der Waals surface area contributed by atoms with Gasteiger partial charge in [0.05, 0.1) is 13.1 Å². The molecule has 3 rings (SSSR count). The van der Waals surface area contributed by atoms with Crippen LogP contribution in [0.1, 0.15) is 31.4 Å². The molecule has 2 aromatic heterocycles. The number of hydrogen-bond donors (Lipinski definition) is 1. The molecule has 0 aromatic carbocycles. The molecule has 0 saturated heterocycles. The standard InChI is InChI=1S/C13H19N5/c1-2-17-7-5-15-13(17)10-18-8-6-14-12(18)9-16-11-3-4-11/h5-8,11,16H,2-4,9-10H2,1H3. The van der Waals surface area contributed by atoms with Crippen molar-refractivity contribution in [3.8, 4) is 0 Å². The van der Waals surface area contributed by atoms with Gasteiger partial charge in [0.1, 0.15) is 11.6 Å². The summed E-state index contributed by atoms with van der Waals surface area (Å²) in [6.45, 7) is 4.74. The molecular formula is C13H19N5. The van der Waals surface area contributed by atoms with Gasteiger partial charge in [-0.25, -0.2) is 9.97 Å². The van der Waals surface area contributed by atoms with E-state index in [1.54, 1.807) is 0 Å². The minimum atomic E-state index is 0.716. The second-order valence-corrected chi connectivity index (χ2v) is 4.76. The van der Waals surface area contributed by atoms with Crippen molar-refractivity contribution in [2.45, 2.75) is 45.4 Å². The molecule has 0 amide bonds. The molecule has 0 bridgehead atoms. The van der Waals surface area contributed by atoms with E-state index in [0.29, 0.717) is 6.04 Å². The molecule has 1 fully saturated rings. The lowest BCUT2D eigenvalue weighted by atomic mass is 10.5. The number of imidazole rings is 2. The largest absolute Gasteiger partial charge is 0.334 e. The van der Waals surface area contributed by atoms with Gasteiger partial charge in [-0.15, -0.1) is 0 Å². The Balaban J connectivity index is 1.69. The van der Waals surface area contributed by atoms with Crippen LogP contribution in [0.15, 0.2) is 24.8 Å². The summed E-state index contributed by atoms with van der Waals surface area (Å²) in [6, 6.07) is 0.716. The number of rotatable bonds is 6. The first kappa shape index (κ1) is 11.5. The fraction of sp³-hybridized carbons (Fsp3) is 0.538. The highest BCUT2D eigenvalue weighted by atomic mass is 15.1. The van der Waals surface area contributed by atoms with Gasteiger partial charge < -0.3 is 14.5 Å². The minimum Gasteiger partial charge on any atom is -0.334 e. The van der Waals surface area contributed by atoms with Gasteiger partial charge in [0.15, 0.2) is 0 Å². The number of hydrogen-bond acceptors (Lipinski definition) is 3. The van der Waals surface area contributed by atoms with E-state index in [-0.39, 0.29) is 0 Å². The Labute approximate surface area is 107 Å². The fourth-order valence-electron chi connectivity index (χ4n) is 2.11. The molecule has 1 saturated carbocycles. The average Bonchev–Trinajstić information content (AvgIpc) is 2.94. The molecule has 0 radical (unpaired) electrons. The van der Waals surface area contributed by atoms with Gasteiger partial charge in [-0.05, 0) is 19.8 Å². The quantitative estimate of drug-likeness (QED) is 0.837. The Morgan fingerprint density at radius 1 is 1.17 bits per heavy atom. The van der Waals surface area contributed by atoms with Crippen molar-refractivity contribution in [1.82, 2.24) is 24.4 Å². The summed E-state index contributed by atoms with van der Waals surface area (Å²) in [7, 11) is 0. The number of aromatic nitrogens is 4. The van der Waals surface area contributed by atoms with Gasteiger partial charge in [-0.1, -0.05) is 0 Å². The van der Waals surface area contributed by atoms with E-state index in [0.717, 1.165) is 31.3 Å². The summed E-state index contributed by atoms with van der Waals surface area (Å²) in [5.41, 5.74) is 0. The zero-order valence-corrected chi connectivity index (χ0v) is 10.7. The van der Waals surface area contributed by atoms with Gasteiger partial charge in [0.2, 0.25) is 0 Å². The molecule has 5 heteroatoms. The number of nitrogens with zero attached hydrogens (tertiary/aromatic N) is 4. The number of nitrogens with one attached hydrogen (secondary N) is 1. The van der Waals surface area contributed by atoms with Gasteiger partial charge in [0, 0.05) is 37.4 Å². The van der Waals surface area contributed by atoms with Crippen LogP contribution in [0, 0.1) is 0 Å². The van der Waals surface area contributed by atoms with Gasteiger partial charge >= 0.3 is 0 Å². The molecule has 0 aliphatic heterocycles. The van der Waals surface area contributed by atoms with Crippen LogP contribution in [0.4, 0.5) is 0 Å². The van der Waals surface area contributed by atoms with E-state index < -0.39 is 0 Å². The van der Waals surface area contributed by atoms with Crippen molar-refractivity contribution < 1.29 is 0 Å². The van der Waals surface area contributed by atoms with Crippen molar-refractivity contribution in [3.05, 3.63) is 36.4 Å². The SMILES string of the molecule is CCn1ccnc1Cn1ccnc1CNC1CC1. The van der Waals surface area contributed by atoms with Gasteiger partial charge in [0.25, 0.3) is 0 Å². The van der Waals surface area contributed by atoms with E-state index in [2.05, 4.69) is 31.3 Å². The number of aryl methyl sites for hydroxylation is 1. The van der Waals surface area contributed by atoms with E-state index in [1.807, 2.05) is 24.8 Å². The molecule has 1 N–H and O–H groups in total. The van der Waals surface area contributed by atoms with Crippen LogP contribution in [0.25, 0.3) is 0 Å². The van der Waals surface area contributed by atoms with E-state index >= 15 is 0 Å².